The SMILES string of the molecule is CCCCOc1ccc([C@H]2C(C(=O)OCC)=C(C)N=C3SC=CN32)cc1. The van der Waals surface area contributed by atoms with E-state index in [-0.39, 0.29) is 12.0 Å². The number of ether oxygens (including phenoxy) is 2. The molecule has 2 aliphatic heterocycles. The number of carbonyl (C=O) groups is 1. The summed E-state index contributed by atoms with van der Waals surface area (Å²) < 4.78 is 11.0. The minimum Gasteiger partial charge on any atom is -0.494 e. The van der Waals surface area contributed by atoms with E-state index in [1.165, 1.54) is 0 Å². The Balaban J connectivity index is 1.90. The van der Waals surface area contributed by atoms with E-state index in [2.05, 4.69) is 11.9 Å². The van der Waals surface area contributed by atoms with Crippen molar-refractivity contribution < 1.29 is 14.3 Å². The number of benzene rings is 1. The molecule has 0 amide bonds. The molecule has 0 aromatic heterocycles. The van der Waals surface area contributed by atoms with Crippen molar-refractivity contribution in [3.8, 4) is 5.75 Å². The molecule has 1 aromatic carbocycles. The van der Waals surface area contributed by atoms with Gasteiger partial charge < -0.3 is 14.4 Å². The maximum absolute atomic E-state index is 12.6. The Morgan fingerprint density at radius 2 is 2.04 bits per heavy atom. The summed E-state index contributed by atoms with van der Waals surface area (Å²) in [6.45, 7) is 6.88. The highest BCUT2D eigenvalue weighted by Gasteiger charge is 2.37. The number of esters is 1. The van der Waals surface area contributed by atoms with Gasteiger partial charge in [0.05, 0.1) is 30.5 Å². The molecule has 2 aliphatic rings. The first kappa shape index (κ1) is 18.6. The summed E-state index contributed by atoms with van der Waals surface area (Å²) in [5, 5.41) is 2.86. The van der Waals surface area contributed by atoms with Crippen molar-refractivity contribution in [1.29, 1.82) is 0 Å². The van der Waals surface area contributed by atoms with E-state index in [1.54, 1.807) is 11.8 Å². The van der Waals surface area contributed by atoms with Gasteiger partial charge in [0.15, 0.2) is 5.17 Å². The number of hydrogen-bond acceptors (Lipinski definition) is 6. The predicted molar refractivity (Wildman–Crippen MR) is 105 cm³/mol. The maximum atomic E-state index is 12.6. The van der Waals surface area contributed by atoms with Crippen LogP contribution in [-0.4, -0.2) is 29.3 Å². The van der Waals surface area contributed by atoms with Gasteiger partial charge in [-0.1, -0.05) is 37.2 Å². The first-order valence-corrected chi connectivity index (χ1v) is 9.84. The molecule has 0 aliphatic carbocycles. The van der Waals surface area contributed by atoms with E-state index >= 15 is 0 Å². The van der Waals surface area contributed by atoms with E-state index in [0.29, 0.717) is 24.5 Å². The fourth-order valence-corrected chi connectivity index (χ4v) is 3.77. The molecule has 138 valence electrons. The van der Waals surface area contributed by atoms with E-state index in [1.807, 2.05) is 54.6 Å². The number of carbonyl (C=O) groups excluding carboxylic acids is 1. The number of amidine groups is 1. The van der Waals surface area contributed by atoms with Gasteiger partial charge in [0.25, 0.3) is 0 Å². The largest absolute Gasteiger partial charge is 0.494 e. The molecule has 0 saturated carbocycles. The fourth-order valence-electron chi connectivity index (χ4n) is 2.98. The number of rotatable bonds is 7. The van der Waals surface area contributed by atoms with Crippen molar-refractivity contribution in [2.45, 2.75) is 39.7 Å². The molecular formula is C20H24N2O3S. The summed E-state index contributed by atoms with van der Waals surface area (Å²) in [5.41, 5.74) is 2.30. The number of allylic oxidation sites excluding steroid dienone is 1. The molecule has 6 heteroatoms. The Bertz CT molecular complexity index is 753. The Labute approximate surface area is 158 Å². The monoisotopic (exact) mass is 372 g/mol. The van der Waals surface area contributed by atoms with Crippen LogP contribution in [0.15, 0.2) is 52.1 Å². The molecule has 1 aromatic rings. The number of fused-ring (bicyclic) bond motifs is 1. The van der Waals surface area contributed by atoms with Crippen LogP contribution in [0.4, 0.5) is 0 Å². The highest BCUT2D eigenvalue weighted by Crippen LogP contribution is 2.41. The van der Waals surface area contributed by atoms with E-state index in [9.17, 15) is 4.79 Å². The predicted octanol–water partition coefficient (Wildman–Crippen LogP) is 4.63. The zero-order valence-corrected chi connectivity index (χ0v) is 16.2. The van der Waals surface area contributed by atoms with Crippen molar-refractivity contribution >= 4 is 22.9 Å². The average Bonchev–Trinajstić information content (AvgIpc) is 3.09. The third-order valence-electron chi connectivity index (χ3n) is 4.28. The standard InChI is InChI=1S/C20H24N2O3S/c1-4-6-12-25-16-9-7-15(8-10-16)18-17(19(23)24-5-2)14(3)21-20-22(18)11-13-26-20/h7-11,13,18H,4-6,12H2,1-3H3/t18-/m0/s1. The number of hydrogen-bond donors (Lipinski definition) is 0. The van der Waals surface area contributed by atoms with Crippen LogP contribution in [0.2, 0.25) is 0 Å². The summed E-state index contributed by atoms with van der Waals surface area (Å²) >= 11 is 1.56. The number of aliphatic imine (C=N–C) groups is 1. The Morgan fingerprint density at radius 3 is 2.73 bits per heavy atom. The Kier molecular flexibility index (Phi) is 6.04. The van der Waals surface area contributed by atoms with Crippen LogP contribution in [0.25, 0.3) is 0 Å². The van der Waals surface area contributed by atoms with Crippen LogP contribution in [0.1, 0.15) is 45.2 Å². The van der Waals surface area contributed by atoms with Crippen molar-refractivity contribution in [3.05, 3.63) is 52.7 Å². The molecular weight excluding hydrogens is 348 g/mol. The number of unbranched alkanes of at least 4 members (excludes halogenated alkanes) is 1. The van der Waals surface area contributed by atoms with Crippen molar-refractivity contribution in [1.82, 2.24) is 4.90 Å². The highest BCUT2D eigenvalue weighted by atomic mass is 32.2. The van der Waals surface area contributed by atoms with E-state index < -0.39 is 0 Å². The van der Waals surface area contributed by atoms with Crippen LogP contribution >= 0.6 is 11.8 Å². The van der Waals surface area contributed by atoms with Gasteiger partial charge >= 0.3 is 5.97 Å². The van der Waals surface area contributed by atoms with Gasteiger partial charge in [-0.05, 0) is 43.4 Å². The highest BCUT2D eigenvalue weighted by molar-refractivity contribution is 8.16. The van der Waals surface area contributed by atoms with Gasteiger partial charge in [-0.2, -0.15) is 0 Å². The lowest BCUT2D eigenvalue weighted by Crippen LogP contribution is -2.34. The van der Waals surface area contributed by atoms with Gasteiger partial charge in [0.1, 0.15) is 5.75 Å². The molecule has 0 fully saturated rings. The van der Waals surface area contributed by atoms with Crippen LogP contribution in [0, 0.1) is 0 Å². The molecule has 1 atom stereocenters. The molecule has 0 N–H and O–H groups in total. The minimum absolute atomic E-state index is 0.238. The second kappa shape index (κ2) is 8.45. The third-order valence-corrected chi connectivity index (χ3v) is 5.05. The fraction of sp³-hybridized carbons (Fsp3) is 0.400. The summed E-state index contributed by atoms with van der Waals surface area (Å²) in [6.07, 6.45) is 4.11. The molecule has 0 saturated heterocycles. The van der Waals surface area contributed by atoms with E-state index in [0.717, 1.165) is 29.3 Å². The Hall–Kier alpha value is -2.21. The van der Waals surface area contributed by atoms with Crippen LogP contribution < -0.4 is 4.74 Å². The number of thioether (sulfide) groups is 1. The van der Waals surface area contributed by atoms with Gasteiger partial charge in [-0.25, -0.2) is 9.79 Å². The topological polar surface area (TPSA) is 51.1 Å². The molecule has 2 heterocycles. The molecule has 0 radical (unpaired) electrons. The lowest BCUT2D eigenvalue weighted by molar-refractivity contribution is -0.139. The molecule has 0 unspecified atom stereocenters. The first-order valence-electron chi connectivity index (χ1n) is 8.96. The zero-order chi connectivity index (χ0) is 18.5. The van der Waals surface area contributed by atoms with Crippen LogP contribution in [-0.2, 0) is 9.53 Å². The second-order valence-corrected chi connectivity index (χ2v) is 6.97. The van der Waals surface area contributed by atoms with Gasteiger partial charge in [-0.3, -0.25) is 0 Å². The molecule has 0 bridgehead atoms. The summed E-state index contributed by atoms with van der Waals surface area (Å²) in [7, 11) is 0. The van der Waals surface area contributed by atoms with Gasteiger partial charge in [0, 0.05) is 6.20 Å². The molecule has 0 spiro atoms. The molecule has 26 heavy (non-hydrogen) atoms. The van der Waals surface area contributed by atoms with Crippen molar-refractivity contribution in [2.24, 2.45) is 4.99 Å². The van der Waals surface area contributed by atoms with Crippen molar-refractivity contribution in [3.63, 3.8) is 0 Å². The Morgan fingerprint density at radius 1 is 1.27 bits per heavy atom. The van der Waals surface area contributed by atoms with Gasteiger partial charge in [0.2, 0.25) is 0 Å². The van der Waals surface area contributed by atoms with Crippen LogP contribution in [0.3, 0.4) is 0 Å². The average molecular weight is 372 g/mol. The normalized spacial score (nSPS) is 18.7. The third kappa shape index (κ3) is 3.80. The molecule has 5 nitrogen and oxygen atoms in total. The summed E-state index contributed by atoms with van der Waals surface area (Å²) in [4.78, 5) is 19.2. The summed E-state index contributed by atoms with van der Waals surface area (Å²) in [6, 6.07) is 7.71. The number of nitrogens with zero attached hydrogens (tertiary/aromatic N) is 2. The smallest absolute Gasteiger partial charge is 0.338 e. The maximum Gasteiger partial charge on any atom is 0.338 e. The van der Waals surface area contributed by atoms with E-state index in [4.69, 9.17) is 9.47 Å². The van der Waals surface area contributed by atoms with Gasteiger partial charge in [-0.15, -0.1) is 0 Å². The lowest BCUT2D eigenvalue weighted by Gasteiger charge is -2.33. The van der Waals surface area contributed by atoms with Crippen molar-refractivity contribution in [2.75, 3.05) is 13.2 Å². The quantitative estimate of drug-likeness (QED) is 0.516. The molecule has 3 rings (SSSR count). The summed E-state index contributed by atoms with van der Waals surface area (Å²) in [5.74, 6) is 0.531. The zero-order valence-electron chi connectivity index (χ0n) is 15.4. The van der Waals surface area contributed by atoms with Crippen LogP contribution in [0.5, 0.6) is 5.75 Å². The first-order chi connectivity index (χ1) is 12.7. The lowest BCUT2D eigenvalue weighted by atomic mass is 9.95. The minimum atomic E-state index is -0.314. The second-order valence-electron chi connectivity index (χ2n) is 6.10.